The molecular formula is C17H31N3O. The van der Waals surface area contributed by atoms with Crippen molar-refractivity contribution in [2.24, 2.45) is 5.73 Å². The largest absolute Gasteiger partial charge is 0.497 e. The predicted octanol–water partition coefficient (Wildman–Crippen LogP) is 2.36. The Hall–Kier alpha value is -1.10. The third-order valence-corrected chi connectivity index (χ3v) is 3.93. The van der Waals surface area contributed by atoms with Crippen molar-refractivity contribution in [1.82, 2.24) is 9.80 Å². The van der Waals surface area contributed by atoms with Gasteiger partial charge in [0.2, 0.25) is 0 Å². The van der Waals surface area contributed by atoms with Crippen LogP contribution in [0.25, 0.3) is 0 Å². The van der Waals surface area contributed by atoms with Crippen molar-refractivity contribution in [2.45, 2.75) is 31.8 Å². The lowest BCUT2D eigenvalue weighted by molar-refractivity contribution is 0.200. The van der Waals surface area contributed by atoms with Gasteiger partial charge in [-0.25, -0.2) is 0 Å². The molecule has 2 unspecified atom stereocenters. The van der Waals surface area contributed by atoms with Gasteiger partial charge in [0.05, 0.1) is 7.11 Å². The summed E-state index contributed by atoms with van der Waals surface area (Å²) in [6.45, 7) is 4.29. The molecule has 0 saturated carbocycles. The van der Waals surface area contributed by atoms with Crippen LogP contribution < -0.4 is 10.5 Å². The fourth-order valence-electron chi connectivity index (χ4n) is 2.63. The zero-order valence-electron chi connectivity index (χ0n) is 14.2. The van der Waals surface area contributed by atoms with Gasteiger partial charge >= 0.3 is 0 Å². The van der Waals surface area contributed by atoms with Gasteiger partial charge in [0.1, 0.15) is 5.75 Å². The summed E-state index contributed by atoms with van der Waals surface area (Å²) in [6.07, 6.45) is 2.11. The molecular weight excluding hydrogens is 262 g/mol. The van der Waals surface area contributed by atoms with Gasteiger partial charge in [-0.1, -0.05) is 19.1 Å². The minimum absolute atomic E-state index is 0.141. The Morgan fingerprint density at radius 3 is 2.19 bits per heavy atom. The van der Waals surface area contributed by atoms with E-state index in [9.17, 15) is 0 Å². The first-order chi connectivity index (χ1) is 9.99. The van der Waals surface area contributed by atoms with Crippen molar-refractivity contribution >= 4 is 0 Å². The molecule has 1 rings (SSSR count). The van der Waals surface area contributed by atoms with E-state index in [1.54, 1.807) is 7.11 Å². The average Bonchev–Trinajstić information content (AvgIpc) is 2.47. The third kappa shape index (κ3) is 5.65. The van der Waals surface area contributed by atoms with Gasteiger partial charge in [0.15, 0.2) is 0 Å². The van der Waals surface area contributed by atoms with Gasteiger partial charge in [-0.15, -0.1) is 0 Å². The smallest absolute Gasteiger partial charge is 0.118 e. The zero-order valence-corrected chi connectivity index (χ0v) is 14.2. The number of ether oxygens (including phenoxy) is 1. The summed E-state index contributed by atoms with van der Waals surface area (Å²) >= 11 is 0. The van der Waals surface area contributed by atoms with E-state index >= 15 is 0 Å². The Labute approximate surface area is 129 Å². The Bertz CT molecular complexity index is 392. The van der Waals surface area contributed by atoms with E-state index in [0.29, 0.717) is 0 Å². The standard InChI is InChI=1S/C17H31N3O/c1-6-16(18)17(20(4)13-7-12-19(2)3)14-8-10-15(21-5)11-9-14/h8-11,16-17H,6-7,12-13,18H2,1-5H3. The maximum Gasteiger partial charge on any atom is 0.118 e. The second kappa shape index (κ2) is 9.03. The van der Waals surface area contributed by atoms with E-state index in [4.69, 9.17) is 10.5 Å². The van der Waals surface area contributed by atoms with Gasteiger partial charge in [-0.3, -0.25) is 4.90 Å². The van der Waals surface area contributed by atoms with Crippen molar-refractivity contribution < 1.29 is 4.74 Å². The Morgan fingerprint density at radius 1 is 1.10 bits per heavy atom. The normalized spacial score (nSPS) is 14.5. The van der Waals surface area contributed by atoms with Crippen LogP contribution in [0.15, 0.2) is 24.3 Å². The van der Waals surface area contributed by atoms with Crippen molar-refractivity contribution in [3.05, 3.63) is 29.8 Å². The molecule has 21 heavy (non-hydrogen) atoms. The van der Waals surface area contributed by atoms with Crippen LogP contribution in [0.2, 0.25) is 0 Å². The average molecular weight is 293 g/mol. The van der Waals surface area contributed by atoms with Gasteiger partial charge in [0, 0.05) is 12.1 Å². The van der Waals surface area contributed by atoms with Crippen molar-refractivity contribution in [2.75, 3.05) is 41.3 Å². The van der Waals surface area contributed by atoms with Crippen LogP contribution in [0.3, 0.4) is 0 Å². The molecule has 0 bridgehead atoms. The molecule has 4 nitrogen and oxygen atoms in total. The molecule has 0 fully saturated rings. The molecule has 1 aromatic carbocycles. The molecule has 0 amide bonds. The highest BCUT2D eigenvalue weighted by atomic mass is 16.5. The van der Waals surface area contributed by atoms with Crippen molar-refractivity contribution in [3.63, 3.8) is 0 Å². The van der Waals surface area contributed by atoms with Crippen molar-refractivity contribution in [1.29, 1.82) is 0 Å². The molecule has 0 aliphatic carbocycles. The second-order valence-corrected chi connectivity index (χ2v) is 5.93. The Balaban J connectivity index is 2.78. The first-order valence-corrected chi connectivity index (χ1v) is 7.74. The summed E-state index contributed by atoms with van der Waals surface area (Å²) in [5, 5.41) is 0. The molecule has 0 aliphatic heterocycles. The van der Waals surface area contributed by atoms with Crippen LogP contribution in [0.4, 0.5) is 0 Å². The fraction of sp³-hybridized carbons (Fsp3) is 0.647. The minimum atomic E-state index is 0.141. The SMILES string of the molecule is CCC(N)C(c1ccc(OC)cc1)N(C)CCCN(C)C. The first-order valence-electron chi connectivity index (χ1n) is 7.74. The highest BCUT2D eigenvalue weighted by Crippen LogP contribution is 2.26. The highest BCUT2D eigenvalue weighted by Gasteiger charge is 2.22. The van der Waals surface area contributed by atoms with E-state index in [2.05, 4.69) is 50.0 Å². The predicted molar refractivity (Wildman–Crippen MR) is 89.8 cm³/mol. The number of nitrogens with zero attached hydrogens (tertiary/aromatic N) is 2. The molecule has 2 N–H and O–H groups in total. The lowest BCUT2D eigenvalue weighted by Gasteiger charge is -2.33. The maximum absolute atomic E-state index is 6.37. The summed E-state index contributed by atoms with van der Waals surface area (Å²) in [6, 6.07) is 8.67. The number of methoxy groups -OCH3 is 1. The van der Waals surface area contributed by atoms with Crippen LogP contribution in [0, 0.1) is 0 Å². The molecule has 0 radical (unpaired) electrons. The van der Waals surface area contributed by atoms with E-state index < -0.39 is 0 Å². The van der Waals surface area contributed by atoms with Crippen LogP contribution in [0.1, 0.15) is 31.4 Å². The van der Waals surface area contributed by atoms with E-state index in [1.807, 2.05) is 12.1 Å². The van der Waals surface area contributed by atoms with E-state index in [0.717, 1.165) is 31.7 Å². The number of rotatable bonds is 9. The topological polar surface area (TPSA) is 41.7 Å². The van der Waals surface area contributed by atoms with Gasteiger partial charge in [-0.05, 0) is 64.8 Å². The molecule has 0 aromatic heterocycles. The molecule has 0 spiro atoms. The van der Waals surface area contributed by atoms with Crippen LogP contribution >= 0.6 is 0 Å². The quantitative estimate of drug-likeness (QED) is 0.759. The van der Waals surface area contributed by atoms with Gasteiger partial charge < -0.3 is 15.4 Å². The van der Waals surface area contributed by atoms with Gasteiger partial charge in [0.25, 0.3) is 0 Å². The summed E-state index contributed by atoms with van der Waals surface area (Å²) in [4.78, 5) is 4.59. The number of benzene rings is 1. The summed E-state index contributed by atoms with van der Waals surface area (Å²) in [7, 11) is 8.08. The molecule has 2 atom stereocenters. The number of likely N-dealkylation sites (N-methyl/N-ethyl adjacent to an activating group) is 1. The van der Waals surface area contributed by atoms with E-state index in [-0.39, 0.29) is 12.1 Å². The monoisotopic (exact) mass is 293 g/mol. The van der Waals surface area contributed by atoms with Gasteiger partial charge in [-0.2, -0.15) is 0 Å². The van der Waals surface area contributed by atoms with E-state index in [1.165, 1.54) is 5.56 Å². The molecule has 0 saturated heterocycles. The molecule has 1 aromatic rings. The number of hydrogen-bond donors (Lipinski definition) is 1. The van der Waals surface area contributed by atoms with Crippen LogP contribution in [-0.4, -0.2) is 57.2 Å². The Kier molecular flexibility index (Phi) is 7.72. The lowest BCUT2D eigenvalue weighted by atomic mass is 9.96. The highest BCUT2D eigenvalue weighted by molar-refractivity contribution is 5.30. The number of hydrogen-bond acceptors (Lipinski definition) is 4. The second-order valence-electron chi connectivity index (χ2n) is 5.93. The summed E-state index contributed by atoms with van der Waals surface area (Å²) in [5.41, 5.74) is 7.63. The maximum atomic E-state index is 6.37. The molecule has 0 heterocycles. The van der Waals surface area contributed by atoms with Crippen LogP contribution in [0.5, 0.6) is 5.75 Å². The van der Waals surface area contributed by atoms with Crippen LogP contribution in [-0.2, 0) is 0 Å². The number of nitrogens with two attached hydrogens (primary N) is 1. The van der Waals surface area contributed by atoms with Crippen molar-refractivity contribution in [3.8, 4) is 5.75 Å². The third-order valence-electron chi connectivity index (χ3n) is 3.93. The first kappa shape index (κ1) is 18.0. The fourth-order valence-corrected chi connectivity index (χ4v) is 2.63. The minimum Gasteiger partial charge on any atom is -0.497 e. The zero-order chi connectivity index (χ0) is 15.8. The molecule has 4 heteroatoms. The summed E-state index contributed by atoms with van der Waals surface area (Å²) in [5.74, 6) is 0.887. The lowest BCUT2D eigenvalue weighted by Crippen LogP contribution is -2.39. The molecule has 120 valence electrons. The Morgan fingerprint density at radius 2 is 1.71 bits per heavy atom. The molecule has 0 aliphatic rings. The summed E-state index contributed by atoms with van der Waals surface area (Å²) < 4.78 is 5.24.